The number of carbonyl (C=O) groups is 1. The molecule has 0 aromatic rings. The summed E-state index contributed by atoms with van der Waals surface area (Å²) in [5.41, 5.74) is -0.906. The Morgan fingerprint density at radius 2 is 1.88 bits per heavy atom. The zero-order valence-corrected chi connectivity index (χ0v) is 20.0. The highest BCUT2D eigenvalue weighted by Crippen LogP contribution is 2.68. The molecular formula is C24H40O7S. The molecule has 4 aliphatic carbocycles. The summed E-state index contributed by atoms with van der Waals surface area (Å²) in [7, 11) is -5.08. The second-order valence-electron chi connectivity index (χ2n) is 11.2. The molecule has 0 saturated heterocycles. The van der Waals surface area contributed by atoms with Crippen LogP contribution in [0.3, 0.4) is 0 Å². The molecule has 3 N–H and O–H groups in total. The molecule has 184 valence electrons. The van der Waals surface area contributed by atoms with Crippen molar-refractivity contribution in [2.45, 2.75) is 97.1 Å². The summed E-state index contributed by atoms with van der Waals surface area (Å²) in [5.74, 6) is -1.19. The smallest absolute Gasteiger partial charge is 0.397 e. The Balaban J connectivity index is 1.65. The number of aliphatic carboxylic acids is 1. The van der Waals surface area contributed by atoms with Crippen LogP contribution in [0.5, 0.6) is 0 Å². The molecule has 0 aromatic heterocycles. The summed E-state index contributed by atoms with van der Waals surface area (Å²) in [4.78, 5) is 11.1. The lowest BCUT2D eigenvalue weighted by atomic mass is 9.43. The topological polar surface area (TPSA) is 121 Å². The minimum absolute atomic E-state index is 0.0674. The number of hydrogen-bond acceptors (Lipinski definition) is 5. The molecular weight excluding hydrogens is 432 g/mol. The Morgan fingerprint density at radius 3 is 2.53 bits per heavy atom. The SMILES string of the molecule is [2H]C1([2H])C[C@]2(C)C3CC[C@@]4(C)C(CC[C@@H]4[C@H](C)CCC(=O)O)C3C(O)C[C@@H]2C([2H])([2H])[C@@H]1OS(=O)(=O)O. The van der Waals surface area contributed by atoms with E-state index in [1.807, 2.05) is 6.92 Å². The van der Waals surface area contributed by atoms with E-state index in [1.165, 1.54) is 0 Å². The van der Waals surface area contributed by atoms with Crippen LogP contribution in [0.15, 0.2) is 0 Å². The van der Waals surface area contributed by atoms with Crippen molar-refractivity contribution in [1.29, 1.82) is 0 Å². The maximum atomic E-state index is 11.5. The van der Waals surface area contributed by atoms with Crippen LogP contribution in [-0.2, 0) is 19.4 Å². The zero-order chi connectivity index (χ0) is 27.1. The van der Waals surface area contributed by atoms with Gasteiger partial charge in [0.15, 0.2) is 0 Å². The highest BCUT2D eigenvalue weighted by Gasteiger charge is 2.63. The first-order valence-electron chi connectivity index (χ1n) is 13.9. The Bertz CT molecular complexity index is 991. The number of carboxylic acid groups (broad SMARTS) is 1. The van der Waals surface area contributed by atoms with Crippen molar-refractivity contribution in [3.05, 3.63) is 0 Å². The van der Waals surface area contributed by atoms with Gasteiger partial charge in [0.25, 0.3) is 0 Å². The lowest BCUT2D eigenvalue weighted by Gasteiger charge is -2.62. The van der Waals surface area contributed by atoms with Crippen LogP contribution in [0.2, 0.25) is 0 Å². The molecule has 4 saturated carbocycles. The van der Waals surface area contributed by atoms with E-state index in [4.69, 9.17) is 10.6 Å². The molecule has 32 heavy (non-hydrogen) atoms. The van der Waals surface area contributed by atoms with E-state index in [9.17, 15) is 22.9 Å². The second kappa shape index (κ2) is 8.51. The molecule has 4 aliphatic rings. The van der Waals surface area contributed by atoms with Crippen molar-refractivity contribution in [3.8, 4) is 0 Å². The third-order valence-corrected chi connectivity index (χ3v) is 10.1. The molecule has 4 unspecified atom stereocenters. The van der Waals surface area contributed by atoms with Gasteiger partial charge in [-0.3, -0.25) is 9.35 Å². The number of aliphatic hydroxyl groups excluding tert-OH is 1. The highest BCUT2D eigenvalue weighted by atomic mass is 32.3. The summed E-state index contributed by atoms with van der Waals surface area (Å²) in [6.07, 6.45) is -3.55. The van der Waals surface area contributed by atoms with E-state index in [1.54, 1.807) is 0 Å². The van der Waals surface area contributed by atoms with Crippen LogP contribution in [0, 0.1) is 46.3 Å². The summed E-state index contributed by atoms with van der Waals surface area (Å²) in [6.45, 7) is 6.24. The van der Waals surface area contributed by atoms with Crippen LogP contribution >= 0.6 is 0 Å². The van der Waals surface area contributed by atoms with E-state index in [-0.39, 0.29) is 48.3 Å². The largest absolute Gasteiger partial charge is 0.481 e. The quantitative estimate of drug-likeness (QED) is 0.489. The first kappa shape index (κ1) is 19.6. The summed E-state index contributed by atoms with van der Waals surface area (Å²) in [6, 6.07) is 0. The number of hydrogen-bond donors (Lipinski definition) is 3. The molecule has 8 heteroatoms. The summed E-state index contributed by atoms with van der Waals surface area (Å²) >= 11 is 0. The van der Waals surface area contributed by atoms with Gasteiger partial charge >= 0.3 is 16.4 Å². The highest BCUT2D eigenvalue weighted by molar-refractivity contribution is 7.80. The monoisotopic (exact) mass is 476 g/mol. The van der Waals surface area contributed by atoms with Gasteiger partial charge in [-0.1, -0.05) is 20.8 Å². The molecule has 4 fully saturated rings. The molecule has 0 bridgehead atoms. The van der Waals surface area contributed by atoms with E-state index in [0.29, 0.717) is 18.8 Å². The molecule has 0 aliphatic heterocycles. The maximum absolute atomic E-state index is 11.5. The van der Waals surface area contributed by atoms with Crippen LogP contribution in [0.25, 0.3) is 0 Å². The number of carboxylic acids is 1. The van der Waals surface area contributed by atoms with Crippen molar-refractivity contribution in [1.82, 2.24) is 0 Å². The van der Waals surface area contributed by atoms with E-state index in [2.05, 4.69) is 18.0 Å². The number of fused-ring (bicyclic) bond motifs is 5. The average Bonchev–Trinajstić information content (AvgIpc) is 3.07. The first-order chi connectivity index (χ1) is 16.3. The molecule has 0 spiro atoms. The van der Waals surface area contributed by atoms with Gasteiger partial charge < -0.3 is 10.2 Å². The lowest BCUT2D eigenvalue weighted by Crippen LogP contribution is -2.58. The van der Waals surface area contributed by atoms with Gasteiger partial charge in [-0.15, -0.1) is 0 Å². The predicted molar refractivity (Wildman–Crippen MR) is 119 cm³/mol. The van der Waals surface area contributed by atoms with E-state index in [0.717, 1.165) is 19.3 Å². The molecule has 10 atom stereocenters. The molecule has 4 rings (SSSR count). The lowest BCUT2D eigenvalue weighted by molar-refractivity contribution is -0.172. The number of rotatable bonds is 6. The second-order valence-corrected chi connectivity index (χ2v) is 12.3. The fourth-order valence-corrected chi connectivity index (χ4v) is 8.57. The maximum Gasteiger partial charge on any atom is 0.397 e. The van der Waals surface area contributed by atoms with Gasteiger partial charge in [-0.05, 0) is 104 Å². The van der Waals surface area contributed by atoms with Crippen molar-refractivity contribution in [2.24, 2.45) is 46.3 Å². The normalized spacial score (nSPS) is 52.2. The van der Waals surface area contributed by atoms with Gasteiger partial charge in [0.05, 0.1) is 12.2 Å². The third-order valence-electron chi connectivity index (χ3n) is 9.71. The van der Waals surface area contributed by atoms with Gasteiger partial charge in [0.2, 0.25) is 0 Å². The van der Waals surface area contributed by atoms with Crippen molar-refractivity contribution in [2.75, 3.05) is 0 Å². The zero-order valence-electron chi connectivity index (χ0n) is 23.2. The van der Waals surface area contributed by atoms with Gasteiger partial charge in [-0.25, -0.2) is 4.18 Å². The van der Waals surface area contributed by atoms with E-state index >= 15 is 0 Å². The van der Waals surface area contributed by atoms with Crippen LogP contribution in [0.1, 0.15) is 90.4 Å². The van der Waals surface area contributed by atoms with E-state index < -0.39 is 52.7 Å². The third kappa shape index (κ3) is 4.25. The Labute approximate surface area is 197 Å². The molecule has 7 nitrogen and oxygen atoms in total. The van der Waals surface area contributed by atoms with Crippen LogP contribution in [-0.4, -0.2) is 41.4 Å². The van der Waals surface area contributed by atoms with Crippen molar-refractivity contribution >= 4 is 16.4 Å². The Hall–Kier alpha value is -0.700. The summed E-state index contributed by atoms with van der Waals surface area (Å²) < 4.78 is 71.5. The minimum atomic E-state index is -5.08. The Morgan fingerprint density at radius 1 is 1.19 bits per heavy atom. The van der Waals surface area contributed by atoms with Crippen molar-refractivity contribution < 1.29 is 37.6 Å². The standard InChI is InChI=1S/C24H40O7S/c1-14(4-7-21(26)27)17-5-6-18-22-19(9-11-24(17,18)3)23(2)10-8-16(31-32(28,29)30)12-15(23)13-20(22)25/h14-20,22,25H,4-13H2,1-3H3,(H,26,27)(H,28,29,30)/t14-,15+,16-,17-,18?,19?,20?,22?,23+,24-/m1/s1/i8D2,12D2. The van der Waals surface area contributed by atoms with Gasteiger partial charge in [0, 0.05) is 11.9 Å². The number of aliphatic hydroxyl groups is 1. The molecule has 0 radical (unpaired) electrons. The van der Waals surface area contributed by atoms with Gasteiger partial charge in [0.1, 0.15) is 0 Å². The Kier molecular flexibility index (Phi) is 5.21. The average molecular weight is 477 g/mol. The first-order valence-corrected chi connectivity index (χ1v) is 13.3. The molecule has 0 heterocycles. The van der Waals surface area contributed by atoms with Gasteiger partial charge in [-0.2, -0.15) is 8.42 Å². The fraction of sp³-hybridized carbons (Fsp3) is 0.958. The van der Waals surface area contributed by atoms with Crippen LogP contribution in [0.4, 0.5) is 0 Å². The van der Waals surface area contributed by atoms with Crippen LogP contribution < -0.4 is 0 Å². The van der Waals surface area contributed by atoms with Crippen molar-refractivity contribution in [3.63, 3.8) is 0 Å². The molecule has 0 aromatic carbocycles. The summed E-state index contributed by atoms with van der Waals surface area (Å²) in [5, 5.41) is 20.6. The molecule has 0 amide bonds. The predicted octanol–water partition coefficient (Wildman–Crippen LogP) is 4.31. The minimum Gasteiger partial charge on any atom is -0.481 e. The fourth-order valence-electron chi connectivity index (χ4n) is 8.20.